The Morgan fingerprint density at radius 1 is 1.00 bits per heavy atom. The summed E-state index contributed by atoms with van der Waals surface area (Å²) < 4.78 is 18.9. The van der Waals surface area contributed by atoms with Crippen LogP contribution in [0.15, 0.2) is 36.7 Å². The number of aryl methyl sites for hydroxylation is 1. The van der Waals surface area contributed by atoms with Crippen molar-refractivity contribution < 1.29 is 19.0 Å². The van der Waals surface area contributed by atoms with E-state index in [-0.39, 0.29) is 5.91 Å². The van der Waals surface area contributed by atoms with Crippen LogP contribution in [0, 0.1) is 6.92 Å². The maximum atomic E-state index is 12.8. The third-order valence-corrected chi connectivity index (χ3v) is 4.00. The third kappa shape index (κ3) is 4.19. The number of fused-ring (bicyclic) bond motifs is 1. The number of amides is 1. The minimum Gasteiger partial charge on any atom is -0.490 e. The molecule has 0 aliphatic carbocycles. The van der Waals surface area contributed by atoms with Gasteiger partial charge in [0.25, 0.3) is 5.91 Å². The monoisotopic (exact) mass is 383 g/mol. The van der Waals surface area contributed by atoms with Crippen molar-refractivity contribution in [2.75, 3.05) is 25.1 Å². The number of benzene rings is 1. The number of imidazole rings is 1. The second kappa shape index (κ2) is 8.65. The Hall–Kier alpha value is -3.22. The highest BCUT2D eigenvalue weighted by Crippen LogP contribution is 2.39. The predicted molar refractivity (Wildman–Crippen MR) is 108 cm³/mol. The van der Waals surface area contributed by atoms with Gasteiger partial charge in [-0.05, 0) is 52.0 Å². The molecule has 0 bridgehead atoms. The zero-order chi connectivity index (χ0) is 20.1. The molecule has 0 atom stereocenters. The van der Waals surface area contributed by atoms with Gasteiger partial charge in [-0.15, -0.1) is 0 Å². The van der Waals surface area contributed by atoms with Crippen LogP contribution in [0.1, 0.15) is 36.8 Å². The summed E-state index contributed by atoms with van der Waals surface area (Å²) in [5.74, 6) is 1.22. The van der Waals surface area contributed by atoms with Crippen molar-refractivity contribution in [3.63, 3.8) is 0 Å². The van der Waals surface area contributed by atoms with E-state index in [1.807, 2.05) is 56.6 Å². The number of ether oxygens (including phenoxy) is 3. The lowest BCUT2D eigenvalue weighted by molar-refractivity contribution is 0.102. The highest BCUT2D eigenvalue weighted by Gasteiger charge is 2.18. The molecule has 2 aromatic heterocycles. The summed E-state index contributed by atoms with van der Waals surface area (Å²) in [6, 6.07) is 7.03. The Kier molecular flexibility index (Phi) is 6.03. The zero-order valence-electron chi connectivity index (χ0n) is 16.6. The van der Waals surface area contributed by atoms with E-state index in [4.69, 9.17) is 14.2 Å². The van der Waals surface area contributed by atoms with Crippen LogP contribution < -0.4 is 19.5 Å². The molecule has 0 spiro atoms. The van der Waals surface area contributed by atoms with Crippen LogP contribution >= 0.6 is 0 Å². The second-order valence-corrected chi connectivity index (χ2v) is 6.12. The number of anilines is 1. The van der Waals surface area contributed by atoms with Crippen LogP contribution in [0.5, 0.6) is 17.2 Å². The summed E-state index contributed by atoms with van der Waals surface area (Å²) in [5, 5.41) is 2.91. The molecule has 0 saturated heterocycles. The zero-order valence-corrected chi connectivity index (χ0v) is 16.6. The molecule has 1 amide bonds. The second-order valence-electron chi connectivity index (χ2n) is 6.12. The highest BCUT2D eigenvalue weighted by atomic mass is 16.5. The van der Waals surface area contributed by atoms with Gasteiger partial charge < -0.3 is 23.9 Å². The van der Waals surface area contributed by atoms with Crippen LogP contribution in [0.25, 0.3) is 5.65 Å². The van der Waals surface area contributed by atoms with Gasteiger partial charge in [-0.25, -0.2) is 4.98 Å². The van der Waals surface area contributed by atoms with Crippen LogP contribution in [0.2, 0.25) is 0 Å². The SMILES string of the molecule is CCOc1cc(C(=O)Nc2ccc3nc(C)cn3c2)cc(OCC)c1OCC. The number of rotatable bonds is 8. The minimum absolute atomic E-state index is 0.263. The van der Waals surface area contributed by atoms with Crippen LogP contribution in [0.4, 0.5) is 5.69 Å². The van der Waals surface area contributed by atoms with E-state index in [1.165, 1.54) is 0 Å². The van der Waals surface area contributed by atoms with E-state index in [9.17, 15) is 4.79 Å². The Bertz CT molecular complexity index is 954. The molecule has 1 aromatic carbocycles. The van der Waals surface area contributed by atoms with E-state index in [0.29, 0.717) is 48.3 Å². The van der Waals surface area contributed by atoms with Crippen molar-refractivity contribution in [3.05, 3.63) is 47.9 Å². The number of carbonyl (C=O) groups is 1. The van der Waals surface area contributed by atoms with E-state index in [1.54, 1.807) is 12.1 Å². The molecule has 0 unspecified atom stereocenters. The average molecular weight is 383 g/mol. The normalized spacial score (nSPS) is 10.7. The van der Waals surface area contributed by atoms with Crippen LogP contribution in [-0.4, -0.2) is 35.1 Å². The Morgan fingerprint density at radius 2 is 1.64 bits per heavy atom. The van der Waals surface area contributed by atoms with Gasteiger partial charge in [0.2, 0.25) is 5.75 Å². The first-order valence-electron chi connectivity index (χ1n) is 9.38. The summed E-state index contributed by atoms with van der Waals surface area (Å²) in [6.45, 7) is 8.95. The Morgan fingerprint density at radius 3 is 2.25 bits per heavy atom. The van der Waals surface area contributed by atoms with Crippen molar-refractivity contribution in [1.82, 2.24) is 9.38 Å². The quantitative estimate of drug-likeness (QED) is 0.634. The van der Waals surface area contributed by atoms with Gasteiger partial charge in [0.05, 0.1) is 31.2 Å². The molecular formula is C21H25N3O4. The number of carbonyl (C=O) groups excluding carboxylic acids is 1. The van der Waals surface area contributed by atoms with Crippen LogP contribution in [-0.2, 0) is 0 Å². The Labute approximate surface area is 164 Å². The Balaban J connectivity index is 1.92. The van der Waals surface area contributed by atoms with Crippen molar-refractivity contribution in [2.24, 2.45) is 0 Å². The number of aromatic nitrogens is 2. The van der Waals surface area contributed by atoms with Gasteiger partial charge in [-0.3, -0.25) is 4.79 Å². The number of nitrogens with zero attached hydrogens (tertiary/aromatic N) is 2. The molecule has 0 saturated carbocycles. The van der Waals surface area contributed by atoms with Crippen molar-refractivity contribution in [2.45, 2.75) is 27.7 Å². The average Bonchev–Trinajstić information content (AvgIpc) is 3.03. The smallest absolute Gasteiger partial charge is 0.255 e. The lowest BCUT2D eigenvalue weighted by Crippen LogP contribution is -2.13. The molecule has 3 rings (SSSR count). The predicted octanol–water partition coefficient (Wildman–Crippen LogP) is 4.09. The highest BCUT2D eigenvalue weighted by molar-refractivity contribution is 6.05. The topological polar surface area (TPSA) is 74.1 Å². The number of nitrogens with one attached hydrogen (secondary N) is 1. The molecule has 2 heterocycles. The lowest BCUT2D eigenvalue weighted by Gasteiger charge is -2.17. The van der Waals surface area contributed by atoms with E-state index >= 15 is 0 Å². The van der Waals surface area contributed by atoms with E-state index < -0.39 is 0 Å². The van der Waals surface area contributed by atoms with Gasteiger partial charge in [-0.2, -0.15) is 0 Å². The number of pyridine rings is 1. The van der Waals surface area contributed by atoms with Crippen molar-refractivity contribution in [1.29, 1.82) is 0 Å². The van der Waals surface area contributed by atoms with Crippen molar-refractivity contribution >= 4 is 17.2 Å². The maximum Gasteiger partial charge on any atom is 0.255 e. The number of hydrogen-bond acceptors (Lipinski definition) is 5. The van der Waals surface area contributed by atoms with Crippen LogP contribution in [0.3, 0.4) is 0 Å². The molecule has 0 aliphatic rings. The summed E-state index contributed by atoms with van der Waals surface area (Å²) in [6.07, 6.45) is 3.73. The van der Waals surface area contributed by atoms with Gasteiger partial charge in [0.1, 0.15) is 5.65 Å². The fraction of sp³-hybridized carbons (Fsp3) is 0.333. The molecule has 0 radical (unpaired) electrons. The largest absolute Gasteiger partial charge is 0.490 e. The minimum atomic E-state index is -0.263. The molecule has 0 fully saturated rings. The van der Waals surface area contributed by atoms with Gasteiger partial charge in [0, 0.05) is 18.0 Å². The maximum absolute atomic E-state index is 12.8. The van der Waals surface area contributed by atoms with E-state index in [2.05, 4.69) is 10.3 Å². The standard InChI is InChI=1S/C21H25N3O4/c1-5-26-17-10-15(11-18(27-6-2)20(17)28-7-3)21(25)23-16-8-9-19-22-14(4)12-24(19)13-16/h8-13H,5-7H2,1-4H3,(H,23,25). The van der Waals surface area contributed by atoms with Gasteiger partial charge >= 0.3 is 0 Å². The fourth-order valence-electron chi connectivity index (χ4n) is 2.92. The summed E-state index contributed by atoms with van der Waals surface area (Å²) in [4.78, 5) is 17.2. The number of hydrogen-bond donors (Lipinski definition) is 1. The first-order chi connectivity index (χ1) is 13.5. The molecule has 0 aliphatic heterocycles. The molecule has 7 heteroatoms. The first kappa shape index (κ1) is 19.5. The van der Waals surface area contributed by atoms with Gasteiger partial charge in [-0.1, -0.05) is 0 Å². The molecule has 7 nitrogen and oxygen atoms in total. The van der Waals surface area contributed by atoms with E-state index in [0.717, 1.165) is 11.3 Å². The third-order valence-electron chi connectivity index (χ3n) is 4.00. The summed E-state index contributed by atoms with van der Waals surface area (Å²) >= 11 is 0. The molecule has 148 valence electrons. The molecular weight excluding hydrogens is 358 g/mol. The first-order valence-corrected chi connectivity index (χ1v) is 9.38. The molecule has 28 heavy (non-hydrogen) atoms. The van der Waals surface area contributed by atoms with Gasteiger partial charge in [0.15, 0.2) is 11.5 Å². The lowest BCUT2D eigenvalue weighted by atomic mass is 10.1. The molecule has 3 aromatic rings. The molecule has 1 N–H and O–H groups in total. The van der Waals surface area contributed by atoms with Crippen molar-refractivity contribution in [3.8, 4) is 17.2 Å². The summed E-state index contributed by atoms with van der Waals surface area (Å²) in [7, 11) is 0. The summed E-state index contributed by atoms with van der Waals surface area (Å²) in [5.41, 5.74) is 2.84. The fourth-order valence-corrected chi connectivity index (χ4v) is 2.92.